The Morgan fingerprint density at radius 1 is 1.39 bits per heavy atom. The molecule has 116 valence electrons. The molecular weight excluding hydrogens is 354 g/mol. The predicted molar refractivity (Wildman–Crippen MR) is 91.8 cm³/mol. The maximum absolute atomic E-state index is 12.4. The second-order valence-corrected chi connectivity index (χ2v) is 7.60. The number of H-pyrrole nitrogens is 1. The van der Waals surface area contributed by atoms with Crippen LogP contribution in [0.4, 0.5) is 5.13 Å². The first-order valence-corrected chi connectivity index (χ1v) is 9.15. The fraction of sp³-hybridized carbons (Fsp3) is 0.0769. The molecule has 0 aliphatic heterocycles. The van der Waals surface area contributed by atoms with Gasteiger partial charge in [0, 0.05) is 10.9 Å². The summed E-state index contributed by atoms with van der Waals surface area (Å²) in [5.41, 5.74) is 6.14. The lowest BCUT2D eigenvalue weighted by atomic mass is 10.2. The van der Waals surface area contributed by atoms with Gasteiger partial charge in [0.25, 0.3) is 5.56 Å². The van der Waals surface area contributed by atoms with Gasteiger partial charge in [0.2, 0.25) is 5.13 Å². The van der Waals surface area contributed by atoms with E-state index in [0.29, 0.717) is 32.7 Å². The van der Waals surface area contributed by atoms with E-state index in [-0.39, 0.29) is 5.56 Å². The highest BCUT2D eigenvalue weighted by atomic mass is 32.2. The summed E-state index contributed by atoms with van der Waals surface area (Å²) in [5, 5.41) is 10.5. The third-order valence-electron chi connectivity index (χ3n) is 3.03. The highest BCUT2D eigenvalue weighted by Crippen LogP contribution is 2.31. The van der Waals surface area contributed by atoms with Crippen molar-refractivity contribution in [2.24, 2.45) is 0 Å². The molecule has 4 heterocycles. The molecule has 0 aliphatic carbocycles. The van der Waals surface area contributed by atoms with Crippen LogP contribution in [0.15, 0.2) is 37.3 Å². The molecule has 0 atom stereocenters. The van der Waals surface area contributed by atoms with Gasteiger partial charge in [0.15, 0.2) is 4.34 Å². The summed E-state index contributed by atoms with van der Waals surface area (Å²) in [5.74, 6) is 1.75. The normalized spacial score (nSPS) is 11.3. The average molecular weight is 363 g/mol. The van der Waals surface area contributed by atoms with E-state index in [1.165, 1.54) is 34.4 Å². The number of thiophene rings is 1. The first kappa shape index (κ1) is 14.4. The monoisotopic (exact) mass is 363 g/mol. The van der Waals surface area contributed by atoms with Gasteiger partial charge in [-0.15, -0.1) is 21.5 Å². The van der Waals surface area contributed by atoms with E-state index < -0.39 is 0 Å². The average Bonchev–Trinajstić information content (AvgIpc) is 3.24. The number of fused-ring (bicyclic) bond motifs is 1. The molecule has 0 saturated heterocycles. The molecule has 4 aromatic heterocycles. The van der Waals surface area contributed by atoms with Crippen molar-refractivity contribution in [1.82, 2.24) is 20.2 Å². The molecule has 4 rings (SSSR count). The first-order chi connectivity index (χ1) is 11.2. The van der Waals surface area contributed by atoms with E-state index in [1.807, 2.05) is 11.4 Å². The van der Waals surface area contributed by atoms with Gasteiger partial charge in [-0.25, -0.2) is 4.98 Å². The summed E-state index contributed by atoms with van der Waals surface area (Å²) < 4.78 is 6.12. The summed E-state index contributed by atoms with van der Waals surface area (Å²) >= 11 is 4.16. The van der Waals surface area contributed by atoms with Crippen LogP contribution in [0.25, 0.3) is 21.5 Å². The van der Waals surface area contributed by atoms with E-state index in [4.69, 9.17) is 10.2 Å². The number of anilines is 1. The largest absolute Gasteiger partial charge is 0.464 e. The number of nitrogens with zero attached hydrogens (tertiary/aromatic N) is 3. The minimum atomic E-state index is -0.171. The molecule has 0 aliphatic rings. The Balaban J connectivity index is 1.67. The van der Waals surface area contributed by atoms with Gasteiger partial charge in [-0.2, -0.15) is 0 Å². The van der Waals surface area contributed by atoms with Crippen LogP contribution in [0, 0.1) is 0 Å². The van der Waals surface area contributed by atoms with E-state index in [0.717, 1.165) is 9.90 Å². The number of hydrogen-bond acceptors (Lipinski definition) is 9. The summed E-state index contributed by atoms with van der Waals surface area (Å²) in [6.07, 6.45) is 1.58. The fourth-order valence-corrected chi connectivity index (χ4v) is 4.54. The van der Waals surface area contributed by atoms with E-state index in [2.05, 4.69) is 20.2 Å². The zero-order valence-corrected chi connectivity index (χ0v) is 13.9. The molecule has 0 spiro atoms. The summed E-state index contributed by atoms with van der Waals surface area (Å²) in [6, 6.07) is 3.61. The Hall–Kier alpha value is -2.17. The zero-order chi connectivity index (χ0) is 15.8. The van der Waals surface area contributed by atoms with E-state index >= 15 is 0 Å². The van der Waals surface area contributed by atoms with Gasteiger partial charge in [0.05, 0.1) is 17.4 Å². The Labute approximate surface area is 141 Å². The van der Waals surface area contributed by atoms with Crippen LogP contribution in [0.3, 0.4) is 0 Å². The molecule has 10 heteroatoms. The second-order valence-electron chi connectivity index (χ2n) is 4.51. The highest BCUT2D eigenvalue weighted by Gasteiger charge is 2.15. The van der Waals surface area contributed by atoms with Crippen molar-refractivity contribution in [2.45, 2.75) is 10.1 Å². The Morgan fingerprint density at radius 3 is 3.04 bits per heavy atom. The van der Waals surface area contributed by atoms with E-state index in [1.54, 1.807) is 12.3 Å². The van der Waals surface area contributed by atoms with Gasteiger partial charge in [-0.3, -0.25) is 4.79 Å². The third-order valence-corrected chi connectivity index (χ3v) is 5.80. The number of furan rings is 1. The lowest BCUT2D eigenvalue weighted by molar-refractivity contribution is 0.583. The van der Waals surface area contributed by atoms with Crippen molar-refractivity contribution in [1.29, 1.82) is 0 Å². The maximum Gasteiger partial charge on any atom is 0.260 e. The third kappa shape index (κ3) is 2.76. The molecule has 0 unspecified atom stereocenters. The Kier molecular flexibility index (Phi) is 3.63. The molecule has 0 fully saturated rings. The molecular formula is C13H9N5O2S3. The number of nitrogen functional groups attached to an aromatic ring is 1. The topological polar surface area (TPSA) is 111 Å². The number of aromatic amines is 1. The smallest absolute Gasteiger partial charge is 0.260 e. The van der Waals surface area contributed by atoms with Crippen molar-refractivity contribution >= 4 is 49.8 Å². The molecule has 0 bridgehead atoms. The zero-order valence-electron chi connectivity index (χ0n) is 11.5. The minimum absolute atomic E-state index is 0.171. The van der Waals surface area contributed by atoms with E-state index in [9.17, 15) is 4.79 Å². The Bertz CT molecular complexity index is 1020. The van der Waals surface area contributed by atoms with Crippen molar-refractivity contribution in [2.75, 3.05) is 5.73 Å². The molecule has 4 aromatic rings. The van der Waals surface area contributed by atoms with Gasteiger partial charge in [-0.1, -0.05) is 23.1 Å². The molecule has 0 radical (unpaired) electrons. The van der Waals surface area contributed by atoms with Crippen molar-refractivity contribution in [3.8, 4) is 11.3 Å². The number of hydrogen-bond donors (Lipinski definition) is 2. The second kappa shape index (κ2) is 5.80. The van der Waals surface area contributed by atoms with Crippen LogP contribution in [0.1, 0.15) is 5.82 Å². The molecule has 7 nitrogen and oxygen atoms in total. The van der Waals surface area contributed by atoms with Gasteiger partial charge in [-0.05, 0) is 12.1 Å². The quantitative estimate of drug-likeness (QED) is 0.536. The summed E-state index contributed by atoms with van der Waals surface area (Å²) in [6.45, 7) is 0. The number of aromatic nitrogens is 4. The SMILES string of the molecule is Nc1nnc(SCc2nc3scc(-c4ccco4)c3c(=O)[nH]2)s1. The van der Waals surface area contributed by atoms with Crippen LogP contribution < -0.4 is 11.3 Å². The number of nitrogens with one attached hydrogen (secondary N) is 1. The van der Waals surface area contributed by atoms with Crippen molar-refractivity contribution in [3.05, 3.63) is 40.0 Å². The van der Waals surface area contributed by atoms with Crippen LogP contribution in [-0.4, -0.2) is 20.2 Å². The van der Waals surface area contributed by atoms with Crippen molar-refractivity contribution in [3.63, 3.8) is 0 Å². The molecule has 23 heavy (non-hydrogen) atoms. The van der Waals surface area contributed by atoms with Gasteiger partial charge >= 0.3 is 0 Å². The maximum atomic E-state index is 12.4. The summed E-state index contributed by atoms with van der Waals surface area (Å²) in [4.78, 5) is 20.4. The van der Waals surface area contributed by atoms with Crippen LogP contribution in [0.5, 0.6) is 0 Å². The molecule has 3 N–H and O–H groups in total. The molecule has 0 saturated carbocycles. The number of rotatable bonds is 4. The predicted octanol–water partition coefficient (Wildman–Crippen LogP) is 2.97. The molecule has 0 aromatic carbocycles. The van der Waals surface area contributed by atoms with Crippen molar-refractivity contribution < 1.29 is 4.42 Å². The fourth-order valence-electron chi connectivity index (χ4n) is 2.08. The van der Waals surface area contributed by atoms with Crippen LogP contribution >= 0.6 is 34.4 Å². The molecule has 0 amide bonds. The van der Waals surface area contributed by atoms with Gasteiger partial charge in [0.1, 0.15) is 16.4 Å². The lowest BCUT2D eigenvalue weighted by Crippen LogP contribution is -2.10. The standard InChI is InChI=1S/C13H9N5O2S3/c14-12-17-18-13(23-12)22-5-8-15-10(19)9-6(4-21-11(9)16-8)7-2-1-3-20-7/h1-4H,5H2,(H2,14,17)(H,15,16,19). The number of nitrogens with two attached hydrogens (primary N) is 1. The minimum Gasteiger partial charge on any atom is -0.464 e. The Morgan fingerprint density at radius 2 is 2.30 bits per heavy atom. The van der Waals surface area contributed by atoms with Crippen LogP contribution in [0.2, 0.25) is 0 Å². The number of thioether (sulfide) groups is 1. The van der Waals surface area contributed by atoms with Crippen LogP contribution in [-0.2, 0) is 5.75 Å². The lowest BCUT2D eigenvalue weighted by Gasteiger charge is -1.99. The highest BCUT2D eigenvalue weighted by molar-refractivity contribution is 8.00. The van der Waals surface area contributed by atoms with Gasteiger partial charge < -0.3 is 15.1 Å². The summed E-state index contributed by atoms with van der Waals surface area (Å²) in [7, 11) is 0. The first-order valence-electron chi connectivity index (χ1n) is 6.47.